The SMILES string of the molecule is NCC1(C(=O)NC2CCN3CCCC3C2)CC1. The quantitative estimate of drug-likeness (QED) is 0.750. The van der Waals surface area contributed by atoms with Crippen LogP contribution in [-0.2, 0) is 4.79 Å². The number of piperidine rings is 1. The van der Waals surface area contributed by atoms with E-state index in [0.717, 1.165) is 38.3 Å². The molecule has 2 heterocycles. The molecule has 0 radical (unpaired) electrons. The number of carbonyl (C=O) groups excluding carboxylic acids is 1. The minimum absolute atomic E-state index is 0.188. The van der Waals surface area contributed by atoms with E-state index in [0.29, 0.717) is 12.6 Å². The van der Waals surface area contributed by atoms with Crippen LogP contribution in [-0.4, -0.2) is 42.5 Å². The van der Waals surface area contributed by atoms with Crippen LogP contribution in [0.2, 0.25) is 0 Å². The lowest BCUT2D eigenvalue weighted by molar-refractivity contribution is -0.127. The molecular formula is C13H23N3O. The molecule has 4 heteroatoms. The van der Waals surface area contributed by atoms with Crippen LogP contribution >= 0.6 is 0 Å². The molecule has 0 spiro atoms. The van der Waals surface area contributed by atoms with Crippen molar-refractivity contribution in [3.8, 4) is 0 Å². The second kappa shape index (κ2) is 4.25. The van der Waals surface area contributed by atoms with Gasteiger partial charge in [-0.3, -0.25) is 4.79 Å². The molecule has 4 nitrogen and oxygen atoms in total. The van der Waals surface area contributed by atoms with E-state index < -0.39 is 0 Å². The summed E-state index contributed by atoms with van der Waals surface area (Å²) < 4.78 is 0. The molecule has 1 amide bonds. The molecule has 3 fully saturated rings. The summed E-state index contributed by atoms with van der Waals surface area (Å²) in [6, 6.07) is 1.12. The van der Waals surface area contributed by atoms with Gasteiger partial charge < -0.3 is 16.0 Å². The number of carbonyl (C=O) groups is 1. The smallest absolute Gasteiger partial charge is 0.227 e. The van der Waals surface area contributed by atoms with Crippen LogP contribution in [0.4, 0.5) is 0 Å². The molecule has 1 aliphatic carbocycles. The summed E-state index contributed by atoms with van der Waals surface area (Å²) in [5.74, 6) is 0.219. The average Bonchev–Trinajstić information content (AvgIpc) is 3.01. The van der Waals surface area contributed by atoms with Crippen LogP contribution in [0.1, 0.15) is 38.5 Å². The zero-order chi connectivity index (χ0) is 11.9. The monoisotopic (exact) mass is 237 g/mol. The van der Waals surface area contributed by atoms with Crippen molar-refractivity contribution in [2.24, 2.45) is 11.1 Å². The number of nitrogens with zero attached hydrogens (tertiary/aromatic N) is 1. The molecule has 0 bridgehead atoms. The van der Waals surface area contributed by atoms with Gasteiger partial charge in [-0.25, -0.2) is 0 Å². The highest BCUT2D eigenvalue weighted by Crippen LogP contribution is 2.45. The third-order valence-electron chi connectivity index (χ3n) is 4.88. The van der Waals surface area contributed by atoms with Crippen molar-refractivity contribution >= 4 is 5.91 Å². The third kappa shape index (κ3) is 2.08. The van der Waals surface area contributed by atoms with E-state index in [4.69, 9.17) is 5.73 Å². The molecular weight excluding hydrogens is 214 g/mol. The Bertz CT molecular complexity index is 314. The van der Waals surface area contributed by atoms with Gasteiger partial charge in [-0.15, -0.1) is 0 Å². The Kier molecular flexibility index (Phi) is 2.87. The first kappa shape index (κ1) is 11.5. The van der Waals surface area contributed by atoms with Crippen LogP contribution in [0.3, 0.4) is 0 Å². The summed E-state index contributed by atoms with van der Waals surface area (Å²) in [5, 5.41) is 3.24. The minimum atomic E-state index is -0.188. The molecule has 3 rings (SSSR count). The number of rotatable bonds is 3. The van der Waals surface area contributed by atoms with Crippen molar-refractivity contribution in [1.82, 2.24) is 10.2 Å². The van der Waals surface area contributed by atoms with E-state index in [1.165, 1.54) is 19.4 Å². The van der Waals surface area contributed by atoms with Gasteiger partial charge in [0.2, 0.25) is 5.91 Å². The Morgan fingerprint density at radius 3 is 2.88 bits per heavy atom. The van der Waals surface area contributed by atoms with Crippen LogP contribution in [0.15, 0.2) is 0 Å². The standard InChI is InChI=1S/C13H23N3O/c14-9-13(4-5-13)12(17)15-10-3-7-16-6-1-2-11(16)8-10/h10-11H,1-9,14H2,(H,15,17). The molecule has 0 aromatic rings. The second-order valence-electron chi connectivity index (χ2n) is 6.01. The Morgan fingerprint density at radius 1 is 1.35 bits per heavy atom. The first-order valence-electron chi connectivity index (χ1n) is 6.99. The molecule has 3 N–H and O–H groups in total. The van der Waals surface area contributed by atoms with E-state index in [1.54, 1.807) is 0 Å². The first-order valence-corrected chi connectivity index (χ1v) is 6.99. The number of fused-ring (bicyclic) bond motifs is 1. The van der Waals surface area contributed by atoms with Gasteiger partial charge in [0.25, 0.3) is 0 Å². The van der Waals surface area contributed by atoms with Gasteiger partial charge in [0.15, 0.2) is 0 Å². The number of amides is 1. The van der Waals surface area contributed by atoms with Crippen molar-refractivity contribution in [2.75, 3.05) is 19.6 Å². The maximum atomic E-state index is 12.1. The molecule has 2 saturated heterocycles. The predicted octanol–water partition coefficient (Wildman–Crippen LogP) is 0.468. The Labute approximate surface area is 103 Å². The predicted molar refractivity (Wildman–Crippen MR) is 66.5 cm³/mol. The topological polar surface area (TPSA) is 58.4 Å². The summed E-state index contributed by atoms with van der Waals surface area (Å²) in [5.41, 5.74) is 5.50. The second-order valence-corrected chi connectivity index (χ2v) is 6.01. The highest BCUT2D eigenvalue weighted by atomic mass is 16.2. The van der Waals surface area contributed by atoms with E-state index >= 15 is 0 Å². The Morgan fingerprint density at radius 2 is 2.18 bits per heavy atom. The van der Waals surface area contributed by atoms with Gasteiger partial charge in [0.05, 0.1) is 5.41 Å². The van der Waals surface area contributed by atoms with Crippen molar-refractivity contribution in [1.29, 1.82) is 0 Å². The van der Waals surface area contributed by atoms with Gasteiger partial charge in [-0.1, -0.05) is 0 Å². The number of nitrogens with one attached hydrogen (secondary N) is 1. The van der Waals surface area contributed by atoms with Crippen LogP contribution in [0.25, 0.3) is 0 Å². The maximum absolute atomic E-state index is 12.1. The highest BCUT2D eigenvalue weighted by Gasteiger charge is 2.49. The van der Waals surface area contributed by atoms with Crippen LogP contribution < -0.4 is 11.1 Å². The summed E-state index contributed by atoms with van der Waals surface area (Å²) in [4.78, 5) is 14.7. The van der Waals surface area contributed by atoms with Crippen molar-refractivity contribution in [3.63, 3.8) is 0 Å². The Balaban J connectivity index is 1.54. The lowest BCUT2D eigenvalue weighted by Gasteiger charge is -2.35. The largest absolute Gasteiger partial charge is 0.353 e. The first-order chi connectivity index (χ1) is 8.23. The molecule has 2 atom stereocenters. The lowest BCUT2D eigenvalue weighted by atomic mass is 9.96. The fourth-order valence-corrected chi connectivity index (χ4v) is 3.37. The molecule has 3 aliphatic rings. The zero-order valence-corrected chi connectivity index (χ0v) is 10.5. The Hall–Kier alpha value is -0.610. The molecule has 1 saturated carbocycles. The molecule has 0 aromatic heterocycles. The molecule has 2 aliphatic heterocycles. The van der Waals surface area contributed by atoms with E-state index in [-0.39, 0.29) is 11.3 Å². The van der Waals surface area contributed by atoms with Crippen LogP contribution in [0.5, 0.6) is 0 Å². The summed E-state index contributed by atoms with van der Waals surface area (Å²) >= 11 is 0. The number of nitrogens with two attached hydrogens (primary N) is 1. The fourth-order valence-electron chi connectivity index (χ4n) is 3.37. The van der Waals surface area contributed by atoms with Crippen molar-refractivity contribution < 1.29 is 4.79 Å². The maximum Gasteiger partial charge on any atom is 0.227 e. The van der Waals surface area contributed by atoms with E-state index in [2.05, 4.69) is 10.2 Å². The average molecular weight is 237 g/mol. The number of hydrogen-bond donors (Lipinski definition) is 2. The minimum Gasteiger partial charge on any atom is -0.353 e. The van der Waals surface area contributed by atoms with Gasteiger partial charge in [-0.2, -0.15) is 0 Å². The molecule has 96 valence electrons. The zero-order valence-electron chi connectivity index (χ0n) is 10.5. The summed E-state index contributed by atoms with van der Waals surface area (Å²) in [6.45, 7) is 2.93. The van der Waals surface area contributed by atoms with Gasteiger partial charge in [-0.05, 0) is 45.1 Å². The summed E-state index contributed by atoms with van der Waals surface area (Å²) in [7, 11) is 0. The van der Waals surface area contributed by atoms with Crippen molar-refractivity contribution in [3.05, 3.63) is 0 Å². The summed E-state index contributed by atoms with van der Waals surface area (Å²) in [6.07, 6.45) is 6.87. The van der Waals surface area contributed by atoms with Gasteiger partial charge in [0, 0.05) is 25.2 Å². The third-order valence-corrected chi connectivity index (χ3v) is 4.88. The van der Waals surface area contributed by atoms with Crippen molar-refractivity contribution in [2.45, 2.75) is 50.6 Å². The molecule has 17 heavy (non-hydrogen) atoms. The van der Waals surface area contributed by atoms with Crippen LogP contribution in [0, 0.1) is 5.41 Å². The normalized spacial score (nSPS) is 35.4. The van der Waals surface area contributed by atoms with E-state index in [9.17, 15) is 4.79 Å². The molecule has 0 aromatic carbocycles. The van der Waals surface area contributed by atoms with E-state index in [1.807, 2.05) is 0 Å². The fraction of sp³-hybridized carbons (Fsp3) is 0.923. The lowest BCUT2D eigenvalue weighted by Crippen LogP contribution is -2.49. The number of hydrogen-bond acceptors (Lipinski definition) is 3. The highest BCUT2D eigenvalue weighted by molar-refractivity contribution is 5.85. The van der Waals surface area contributed by atoms with Gasteiger partial charge in [0.1, 0.15) is 0 Å². The molecule has 2 unspecified atom stereocenters. The van der Waals surface area contributed by atoms with Gasteiger partial charge >= 0.3 is 0 Å².